The molecule has 0 fully saturated rings. The highest BCUT2D eigenvalue weighted by Crippen LogP contribution is 2.44. The van der Waals surface area contributed by atoms with Gasteiger partial charge in [-0.05, 0) is 35.2 Å². The molecule has 0 saturated carbocycles. The molecule has 7 nitrogen and oxygen atoms in total. The Balaban J connectivity index is 1.81. The summed E-state index contributed by atoms with van der Waals surface area (Å²) >= 11 is 1.49. The number of thiophene rings is 1. The third kappa shape index (κ3) is 4.02. The zero-order valence-corrected chi connectivity index (χ0v) is 18.3. The Bertz CT molecular complexity index is 1150. The van der Waals surface area contributed by atoms with E-state index in [1.807, 2.05) is 29.6 Å². The first-order valence-electron chi connectivity index (χ1n) is 10.1. The number of nitrogens with zero attached hydrogens (tertiary/aromatic N) is 1. The molecule has 0 saturated heterocycles. The Hall–Kier alpha value is -3.49. The number of para-hydroxylation sites is 1. The molecule has 2 heterocycles. The molecular weight excluding hydrogens is 426 g/mol. The van der Waals surface area contributed by atoms with E-state index >= 15 is 0 Å². The van der Waals surface area contributed by atoms with Crippen molar-refractivity contribution >= 4 is 34.7 Å². The van der Waals surface area contributed by atoms with Gasteiger partial charge in [-0.2, -0.15) is 0 Å². The number of carbonyl (C=O) groups excluding carboxylic acids is 3. The maximum absolute atomic E-state index is 13.7. The number of anilines is 1. The molecule has 3 amide bonds. The summed E-state index contributed by atoms with van der Waals surface area (Å²) in [4.78, 5) is 41.5. The number of benzene rings is 2. The average molecular weight is 450 g/mol. The number of rotatable bonds is 7. The van der Waals surface area contributed by atoms with Crippen LogP contribution in [0.2, 0.25) is 0 Å². The Kier molecular flexibility index (Phi) is 6.34. The summed E-state index contributed by atoms with van der Waals surface area (Å²) in [5.74, 6) is -1.77. The van der Waals surface area contributed by atoms with Crippen LogP contribution in [0.5, 0.6) is 0 Å². The van der Waals surface area contributed by atoms with Gasteiger partial charge in [0.2, 0.25) is 5.91 Å². The second-order valence-electron chi connectivity index (χ2n) is 7.42. The normalized spacial score (nSPS) is 17.7. The Morgan fingerprint density at radius 3 is 2.56 bits per heavy atom. The predicted molar refractivity (Wildman–Crippen MR) is 123 cm³/mol. The molecule has 0 aliphatic carbocycles. The Morgan fingerprint density at radius 2 is 1.84 bits per heavy atom. The fraction of sp³-hybridized carbons (Fsp3) is 0.208. The molecule has 0 unspecified atom stereocenters. The Labute approximate surface area is 189 Å². The molecule has 4 rings (SSSR count). The third-order valence-electron chi connectivity index (χ3n) is 5.54. The fourth-order valence-corrected chi connectivity index (χ4v) is 4.98. The van der Waals surface area contributed by atoms with Crippen LogP contribution >= 0.6 is 11.3 Å². The van der Waals surface area contributed by atoms with Crippen molar-refractivity contribution in [2.75, 3.05) is 25.6 Å². The largest absolute Gasteiger partial charge is 0.383 e. The summed E-state index contributed by atoms with van der Waals surface area (Å²) in [6.07, 6.45) is 0. The van der Waals surface area contributed by atoms with Gasteiger partial charge in [-0.15, -0.1) is 11.3 Å². The van der Waals surface area contributed by atoms with Crippen LogP contribution in [-0.2, 0) is 9.53 Å². The first-order valence-corrected chi connectivity index (χ1v) is 11.0. The van der Waals surface area contributed by atoms with Crippen LogP contribution in [0, 0.1) is 0 Å². The van der Waals surface area contributed by atoms with Crippen LogP contribution in [0.15, 0.2) is 66.0 Å². The summed E-state index contributed by atoms with van der Waals surface area (Å²) < 4.78 is 5.24. The molecule has 1 aliphatic rings. The molecule has 0 spiro atoms. The average Bonchev–Trinajstić information content (AvgIpc) is 3.33. The fourth-order valence-electron chi connectivity index (χ4n) is 4.10. The molecule has 0 radical (unpaired) electrons. The van der Waals surface area contributed by atoms with E-state index < -0.39 is 17.9 Å². The Morgan fingerprint density at radius 1 is 1.09 bits per heavy atom. The molecule has 2 aromatic carbocycles. The lowest BCUT2D eigenvalue weighted by molar-refractivity contribution is -0.119. The van der Waals surface area contributed by atoms with Crippen molar-refractivity contribution in [3.05, 3.63) is 87.6 Å². The summed E-state index contributed by atoms with van der Waals surface area (Å²) in [5.41, 5.74) is 7.19. The second kappa shape index (κ2) is 9.33. The van der Waals surface area contributed by atoms with Crippen molar-refractivity contribution in [3.63, 3.8) is 0 Å². The molecule has 1 aliphatic heterocycles. The van der Waals surface area contributed by atoms with Crippen LogP contribution in [0.25, 0.3) is 0 Å². The standard InChI is InChI=1S/C24H23N3O4S/c1-31-13-12-27-21(19-11-6-14-32-19)20(15-7-2-3-8-16(15)24(27)30)23(29)26-18-10-5-4-9-17(18)22(25)28/h2-11,14,20-21H,12-13H2,1H3,(H2,25,28)(H,26,29)/t20-,21-/m1/s1. The van der Waals surface area contributed by atoms with Crippen molar-refractivity contribution in [2.24, 2.45) is 5.73 Å². The summed E-state index contributed by atoms with van der Waals surface area (Å²) in [5, 5.41) is 4.80. The number of amides is 3. The van der Waals surface area contributed by atoms with Crippen molar-refractivity contribution in [3.8, 4) is 0 Å². The lowest BCUT2D eigenvalue weighted by Gasteiger charge is -2.41. The number of methoxy groups -OCH3 is 1. The number of ether oxygens (including phenoxy) is 1. The number of hydrogen-bond acceptors (Lipinski definition) is 5. The smallest absolute Gasteiger partial charge is 0.254 e. The van der Waals surface area contributed by atoms with Crippen molar-refractivity contribution < 1.29 is 19.1 Å². The van der Waals surface area contributed by atoms with E-state index in [-0.39, 0.29) is 17.4 Å². The maximum Gasteiger partial charge on any atom is 0.254 e. The lowest BCUT2D eigenvalue weighted by Crippen LogP contribution is -2.47. The quantitative estimate of drug-likeness (QED) is 0.577. The minimum absolute atomic E-state index is 0.141. The molecule has 164 valence electrons. The van der Waals surface area contributed by atoms with Gasteiger partial charge in [-0.3, -0.25) is 14.4 Å². The molecule has 3 aromatic rings. The zero-order chi connectivity index (χ0) is 22.7. The van der Waals surface area contributed by atoms with Gasteiger partial charge in [0.05, 0.1) is 29.8 Å². The molecule has 8 heteroatoms. The summed E-state index contributed by atoms with van der Waals surface area (Å²) in [7, 11) is 1.58. The van der Waals surface area contributed by atoms with Crippen LogP contribution < -0.4 is 11.1 Å². The first-order chi connectivity index (χ1) is 15.5. The number of fused-ring (bicyclic) bond motifs is 1. The van der Waals surface area contributed by atoms with E-state index in [0.717, 1.165) is 4.88 Å². The summed E-state index contributed by atoms with van der Waals surface area (Å²) in [6.45, 7) is 0.683. The van der Waals surface area contributed by atoms with Crippen molar-refractivity contribution in [2.45, 2.75) is 12.0 Å². The second-order valence-corrected chi connectivity index (χ2v) is 8.39. The van der Waals surface area contributed by atoms with Crippen LogP contribution in [0.1, 0.15) is 43.1 Å². The topological polar surface area (TPSA) is 102 Å². The predicted octanol–water partition coefficient (Wildman–Crippen LogP) is 3.41. The van der Waals surface area contributed by atoms with Gasteiger partial charge >= 0.3 is 0 Å². The minimum Gasteiger partial charge on any atom is -0.383 e. The molecular formula is C24H23N3O4S. The highest BCUT2D eigenvalue weighted by molar-refractivity contribution is 7.10. The maximum atomic E-state index is 13.7. The zero-order valence-electron chi connectivity index (χ0n) is 17.5. The van der Waals surface area contributed by atoms with E-state index in [0.29, 0.717) is 30.0 Å². The molecule has 3 N–H and O–H groups in total. The van der Waals surface area contributed by atoms with Gasteiger partial charge in [0.15, 0.2) is 0 Å². The summed E-state index contributed by atoms with van der Waals surface area (Å²) in [6, 6.07) is 17.1. The van der Waals surface area contributed by atoms with Gasteiger partial charge in [-0.1, -0.05) is 36.4 Å². The SMILES string of the molecule is COCCN1C(=O)c2ccccc2[C@@H](C(=O)Nc2ccccc2C(N)=O)[C@H]1c1cccs1. The van der Waals surface area contributed by atoms with E-state index in [9.17, 15) is 14.4 Å². The van der Waals surface area contributed by atoms with E-state index in [2.05, 4.69) is 5.32 Å². The molecule has 1 aromatic heterocycles. The lowest BCUT2D eigenvalue weighted by atomic mass is 9.81. The van der Waals surface area contributed by atoms with E-state index in [1.165, 1.54) is 11.3 Å². The van der Waals surface area contributed by atoms with Gasteiger partial charge in [0.25, 0.3) is 11.8 Å². The van der Waals surface area contributed by atoms with Crippen molar-refractivity contribution in [1.82, 2.24) is 4.90 Å². The number of nitrogens with two attached hydrogens (primary N) is 1. The monoisotopic (exact) mass is 449 g/mol. The number of nitrogens with one attached hydrogen (secondary N) is 1. The third-order valence-corrected chi connectivity index (χ3v) is 6.49. The molecule has 0 bridgehead atoms. The minimum atomic E-state index is -0.680. The molecule has 2 atom stereocenters. The number of carbonyl (C=O) groups is 3. The highest BCUT2D eigenvalue weighted by Gasteiger charge is 2.44. The van der Waals surface area contributed by atoms with E-state index in [4.69, 9.17) is 10.5 Å². The van der Waals surface area contributed by atoms with Gasteiger partial charge in [0.1, 0.15) is 0 Å². The molecule has 32 heavy (non-hydrogen) atoms. The van der Waals surface area contributed by atoms with Crippen LogP contribution in [-0.4, -0.2) is 42.9 Å². The van der Waals surface area contributed by atoms with Gasteiger partial charge < -0.3 is 20.7 Å². The van der Waals surface area contributed by atoms with Gasteiger partial charge in [0, 0.05) is 24.1 Å². The number of hydrogen-bond donors (Lipinski definition) is 2. The van der Waals surface area contributed by atoms with Gasteiger partial charge in [-0.25, -0.2) is 0 Å². The van der Waals surface area contributed by atoms with Crippen LogP contribution in [0.4, 0.5) is 5.69 Å². The van der Waals surface area contributed by atoms with Crippen molar-refractivity contribution in [1.29, 1.82) is 0 Å². The number of primary amides is 1. The van der Waals surface area contributed by atoms with E-state index in [1.54, 1.807) is 48.4 Å². The first kappa shape index (κ1) is 21.7. The van der Waals surface area contributed by atoms with Crippen LogP contribution in [0.3, 0.4) is 0 Å². The highest BCUT2D eigenvalue weighted by atomic mass is 32.1.